The van der Waals surface area contributed by atoms with Gasteiger partial charge in [0.1, 0.15) is 5.69 Å². The van der Waals surface area contributed by atoms with E-state index in [0.29, 0.717) is 11.1 Å². The lowest BCUT2D eigenvalue weighted by atomic mass is 9.90. The predicted octanol–water partition coefficient (Wildman–Crippen LogP) is 5.00. The molecule has 158 valence electrons. The maximum absolute atomic E-state index is 12.2. The van der Waals surface area contributed by atoms with Gasteiger partial charge in [-0.2, -0.15) is 13.2 Å². The minimum atomic E-state index is -4.34. The summed E-state index contributed by atoms with van der Waals surface area (Å²) in [6.07, 6.45) is 4.11. The van der Waals surface area contributed by atoms with Crippen LogP contribution in [0.4, 0.5) is 13.2 Å². The van der Waals surface area contributed by atoms with Crippen molar-refractivity contribution >= 4 is 10.8 Å². The molecule has 1 aromatic heterocycles. The number of pyridine rings is 1. The zero-order valence-corrected chi connectivity index (χ0v) is 17.6. The summed E-state index contributed by atoms with van der Waals surface area (Å²) in [5.41, 5.74) is 0.135. The fraction of sp³-hybridized carbons (Fsp3) is 0.762. The Morgan fingerprint density at radius 3 is 2.43 bits per heavy atom. The maximum Gasteiger partial charge on any atom is 0.433 e. The van der Waals surface area contributed by atoms with E-state index in [1.165, 1.54) is 57.7 Å². The monoisotopic (exact) mass is 416 g/mol. The molecular formula is C21H31F3N2OS. The van der Waals surface area contributed by atoms with Crippen LogP contribution in [0.1, 0.15) is 69.7 Å². The summed E-state index contributed by atoms with van der Waals surface area (Å²) in [7, 11) is -0.468. The van der Waals surface area contributed by atoms with Gasteiger partial charge in [0.05, 0.1) is 0 Å². The predicted molar refractivity (Wildman–Crippen MR) is 107 cm³/mol. The Bertz CT molecular complexity index is 678. The Kier molecular flexibility index (Phi) is 6.85. The molecule has 0 amide bonds. The molecule has 1 saturated carbocycles. The lowest BCUT2D eigenvalue weighted by Gasteiger charge is -2.39. The summed E-state index contributed by atoms with van der Waals surface area (Å²) in [5.74, 6) is 2.01. The van der Waals surface area contributed by atoms with E-state index in [2.05, 4.69) is 9.88 Å². The largest absolute Gasteiger partial charge is 0.433 e. The Morgan fingerprint density at radius 2 is 1.86 bits per heavy atom. The summed E-state index contributed by atoms with van der Waals surface area (Å²) in [4.78, 5) is 6.22. The molecule has 3 heterocycles. The quantitative estimate of drug-likeness (QED) is 0.680. The summed E-state index contributed by atoms with van der Waals surface area (Å²) in [6.45, 7) is 6.15. The SMILES string of the molecule is CC(C)c1cccc(C(F)(F)F)n1.O=S1CC2(CCN(C3CCCCC3)C2)C1. The molecule has 3 nitrogen and oxygen atoms in total. The third kappa shape index (κ3) is 5.35. The fourth-order valence-electron chi connectivity index (χ4n) is 4.53. The van der Waals surface area contributed by atoms with Crippen LogP contribution in [0.2, 0.25) is 0 Å². The van der Waals surface area contributed by atoms with Crippen LogP contribution in [0.25, 0.3) is 0 Å². The Balaban J connectivity index is 0.000000163. The van der Waals surface area contributed by atoms with Gasteiger partial charge in [-0.25, -0.2) is 4.98 Å². The van der Waals surface area contributed by atoms with E-state index >= 15 is 0 Å². The summed E-state index contributed by atoms with van der Waals surface area (Å²) in [6, 6.07) is 4.82. The van der Waals surface area contributed by atoms with Crippen LogP contribution < -0.4 is 0 Å². The Morgan fingerprint density at radius 1 is 1.18 bits per heavy atom. The second kappa shape index (κ2) is 8.82. The van der Waals surface area contributed by atoms with Gasteiger partial charge in [0.15, 0.2) is 0 Å². The number of alkyl halides is 3. The van der Waals surface area contributed by atoms with E-state index in [1.807, 2.05) is 13.8 Å². The molecule has 0 N–H and O–H groups in total. The molecule has 1 aromatic rings. The second-order valence-corrected chi connectivity index (χ2v) is 10.3. The lowest BCUT2D eigenvalue weighted by Crippen LogP contribution is -2.48. The van der Waals surface area contributed by atoms with Gasteiger partial charge in [-0.1, -0.05) is 39.2 Å². The van der Waals surface area contributed by atoms with E-state index in [9.17, 15) is 17.4 Å². The summed E-state index contributed by atoms with van der Waals surface area (Å²) in [5, 5.41) is 0. The van der Waals surface area contributed by atoms with Gasteiger partial charge in [0, 0.05) is 46.0 Å². The van der Waals surface area contributed by atoms with E-state index in [-0.39, 0.29) is 5.92 Å². The highest BCUT2D eigenvalue weighted by Gasteiger charge is 2.48. The second-order valence-electron chi connectivity index (χ2n) is 8.84. The first-order valence-electron chi connectivity index (χ1n) is 10.3. The fourth-order valence-corrected chi connectivity index (χ4v) is 6.29. The summed E-state index contributed by atoms with van der Waals surface area (Å²) < 4.78 is 47.7. The van der Waals surface area contributed by atoms with Gasteiger partial charge in [-0.05, 0) is 43.9 Å². The molecule has 7 heteroatoms. The van der Waals surface area contributed by atoms with Crippen LogP contribution in [0.15, 0.2) is 18.2 Å². The van der Waals surface area contributed by atoms with Crippen LogP contribution in [0.5, 0.6) is 0 Å². The van der Waals surface area contributed by atoms with Crippen molar-refractivity contribution in [2.24, 2.45) is 5.41 Å². The van der Waals surface area contributed by atoms with Crippen molar-refractivity contribution in [2.75, 3.05) is 24.6 Å². The van der Waals surface area contributed by atoms with Crippen molar-refractivity contribution in [3.8, 4) is 0 Å². The average molecular weight is 417 g/mol. The molecule has 1 spiro atoms. The molecule has 3 aliphatic rings. The molecule has 0 bridgehead atoms. The Hall–Kier alpha value is -0.950. The first kappa shape index (κ1) is 21.8. The van der Waals surface area contributed by atoms with Crippen LogP contribution in [0.3, 0.4) is 0 Å². The number of halogens is 3. The molecule has 0 atom stereocenters. The van der Waals surface area contributed by atoms with Crippen LogP contribution in [-0.4, -0.2) is 44.7 Å². The van der Waals surface area contributed by atoms with Crippen molar-refractivity contribution in [3.05, 3.63) is 29.6 Å². The number of aromatic nitrogens is 1. The third-order valence-corrected chi connectivity index (χ3v) is 8.01. The van der Waals surface area contributed by atoms with Crippen LogP contribution in [-0.2, 0) is 17.0 Å². The zero-order valence-electron chi connectivity index (χ0n) is 16.8. The topological polar surface area (TPSA) is 33.2 Å². The highest BCUT2D eigenvalue weighted by Crippen LogP contribution is 2.41. The lowest BCUT2D eigenvalue weighted by molar-refractivity contribution is -0.141. The molecule has 0 unspecified atom stereocenters. The highest BCUT2D eigenvalue weighted by molar-refractivity contribution is 7.86. The maximum atomic E-state index is 12.2. The van der Waals surface area contributed by atoms with Crippen molar-refractivity contribution in [1.82, 2.24) is 9.88 Å². The van der Waals surface area contributed by atoms with Crippen LogP contribution >= 0.6 is 0 Å². The normalized spacial score (nSPS) is 28.9. The molecule has 3 fully saturated rings. The molecule has 0 aromatic carbocycles. The molecule has 2 aliphatic heterocycles. The first-order chi connectivity index (χ1) is 13.2. The van der Waals surface area contributed by atoms with Gasteiger partial charge in [-0.3, -0.25) is 9.11 Å². The number of hydrogen-bond acceptors (Lipinski definition) is 3. The molecule has 2 saturated heterocycles. The first-order valence-corrected chi connectivity index (χ1v) is 11.8. The molecule has 28 heavy (non-hydrogen) atoms. The van der Waals surface area contributed by atoms with Crippen molar-refractivity contribution in [1.29, 1.82) is 0 Å². The van der Waals surface area contributed by atoms with Gasteiger partial charge >= 0.3 is 6.18 Å². The molecule has 1 aliphatic carbocycles. The number of nitrogens with zero attached hydrogens (tertiary/aromatic N) is 2. The van der Waals surface area contributed by atoms with E-state index in [4.69, 9.17) is 0 Å². The van der Waals surface area contributed by atoms with Crippen molar-refractivity contribution in [3.63, 3.8) is 0 Å². The average Bonchev–Trinajstić information content (AvgIpc) is 3.07. The molecular weight excluding hydrogens is 385 g/mol. The van der Waals surface area contributed by atoms with E-state index in [0.717, 1.165) is 23.6 Å². The Labute approximate surface area is 168 Å². The number of hydrogen-bond donors (Lipinski definition) is 0. The molecule has 4 rings (SSSR count). The van der Waals surface area contributed by atoms with Gasteiger partial charge < -0.3 is 0 Å². The standard InChI is InChI=1S/C12H21NOS.C9H10F3N/c14-15-9-12(10-15)6-7-13(8-12)11-4-2-1-3-5-11;1-6(2)7-4-3-5-8(13-7)9(10,11)12/h11H,1-10H2;3-6H,1-2H3. The molecule has 0 radical (unpaired) electrons. The van der Waals surface area contributed by atoms with Gasteiger partial charge in [0.25, 0.3) is 0 Å². The summed E-state index contributed by atoms with van der Waals surface area (Å²) >= 11 is 0. The number of likely N-dealkylation sites (tertiary alicyclic amines) is 1. The van der Waals surface area contributed by atoms with Crippen LogP contribution in [0, 0.1) is 5.41 Å². The van der Waals surface area contributed by atoms with Gasteiger partial charge in [0.2, 0.25) is 0 Å². The minimum absolute atomic E-state index is 0.0160. The van der Waals surface area contributed by atoms with Gasteiger partial charge in [-0.15, -0.1) is 0 Å². The third-order valence-electron chi connectivity index (χ3n) is 6.15. The minimum Gasteiger partial charge on any atom is -0.300 e. The van der Waals surface area contributed by atoms with Crippen molar-refractivity contribution in [2.45, 2.75) is 70.5 Å². The highest BCUT2D eigenvalue weighted by atomic mass is 32.2. The van der Waals surface area contributed by atoms with Crippen molar-refractivity contribution < 1.29 is 17.4 Å². The number of rotatable bonds is 2. The van der Waals surface area contributed by atoms with E-state index < -0.39 is 22.7 Å². The smallest absolute Gasteiger partial charge is 0.300 e. The van der Waals surface area contributed by atoms with E-state index in [1.54, 1.807) is 6.07 Å². The zero-order chi connectivity index (χ0) is 20.4.